The quantitative estimate of drug-likeness (QED) is 0.453. The number of rotatable bonds is 7. The van der Waals surface area contributed by atoms with Gasteiger partial charge in [0.2, 0.25) is 5.91 Å². The summed E-state index contributed by atoms with van der Waals surface area (Å²) in [7, 11) is 1.60. The van der Waals surface area contributed by atoms with E-state index in [1.165, 1.54) is 0 Å². The summed E-state index contributed by atoms with van der Waals surface area (Å²) in [5.74, 6) is 1.60. The van der Waals surface area contributed by atoms with Gasteiger partial charge in [-0.3, -0.25) is 4.79 Å². The van der Waals surface area contributed by atoms with Gasteiger partial charge in [0.05, 0.1) is 28.9 Å². The highest BCUT2D eigenvalue weighted by molar-refractivity contribution is 6.42. The molecule has 1 saturated heterocycles. The number of urea groups is 1. The molecule has 0 aliphatic carbocycles. The Hall–Kier alpha value is -3.43. The monoisotopic (exact) mass is 545 g/mol. The van der Waals surface area contributed by atoms with E-state index >= 15 is 0 Å². The third kappa shape index (κ3) is 6.11. The van der Waals surface area contributed by atoms with Crippen molar-refractivity contribution >= 4 is 40.8 Å². The number of oxazole rings is 1. The van der Waals surface area contributed by atoms with Crippen LogP contribution in [-0.2, 0) is 11.3 Å². The Labute approximate surface area is 225 Å². The Bertz CT molecular complexity index is 1280. The van der Waals surface area contributed by atoms with Crippen molar-refractivity contribution < 1.29 is 18.7 Å². The molecule has 0 radical (unpaired) electrons. The third-order valence-electron chi connectivity index (χ3n) is 6.16. The predicted molar refractivity (Wildman–Crippen MR) is 143 cm³/mol. The van der Waals surface area contributed by atoms with E-state index in [9.17, 15) is 9.59 Å². The fourth-order valence-electron chi connectivity index (χ4n) is 4.27. The van der Waals surface area contributed by atoms with Crippen LogP contribution in [-0.4, -0.2) is 61.2 Å². The van der Waals surface area contributed by atoms with Gasteiger partial charge >= 0.3 is 6.03 Å². The highest BCUT2D eigenvalue weighted by Crippen LogP contribution is 2.34. The Morgan fingerprint density at radius 3 is 2.62 bits per heavy atom. The lowest BCUT2D eigenvalue weighted by atomic mass is 10.1. The van der Waals surface area contributed by atoms with E-state index in [-0.39, 0.29) is 18.5 Å². The van der Waals surface area contributed by atoms with Crippen LogP contribution in [0.2, 0.25) is 10.0 Å². The van der Waals surface area contributed by atoms with Gasteiger partial charge in [-0.15, -0.1) is 0 Å². The number of nitrogens with one attached hydrogen (secondary N) is 2. The molecular formula is C26H29Cl2N5O4. The predicted octanol–water partition coefficient (Wildman–Crippen LogP) is 4.50. The molecule has 1 aliphatic heterocycles. The van der Waals surface area contributed by atoms with Gasteiger partial charge in [-0.1, -0.05) is 29.3 Å². The first kappa shape index (κ1) is 26.6. The Morgan fingerprint density at radius 1 is 1.14 bits per heavy atom. The summed E-state index contributed by atoms with van der Waals surface area (Å²) in [6.45, 7) is 5.59. The molecule has 3 aromatic rings. The number of benzene rings is 2. The van der Waals surface area contributed by atoms with Crippen molar-refractivity contribution in [3.63, 3.8) is 0 Å². The lowest BCUT2D eigenvalue weighted by molar-refractivity contribution is -0.125. The number of carbonyl (C=O) groups is 2. The minimum Gasteiger partial charge on any atom is -0.496 e. The van der Waals surface area contributed by atoms with Crippen LogP contribution in [0.1, 0.15) is 18.4 Å². The summed E-state index contributed by atoms with van der Waals surface area (Å²) in [4.78, 5) is 33.9. The van der Waals surface area contributed by atoms with Gasteiger partial charge < -0.3 is 29.6 Å². The number of halogens is 2. The number of hydrogen-bond acceptors (Lipinski definition) is 6. The molecule has 1 aromatic heterocycles. The smallest absolute Gasteiger partial charge is 0.318 e. The fraction of sp³-hybridized carbons (Fsp3) is 0.346. The van der Waals surface area contributed by atoms with Gasteiger partial charge in [0.25, 0.3) is 0 Å². The number of aromatic nitrogens is 1. The van der Waals surface area contributed by atoms with Crippen LogP contribution in [0.25, 0.3) is 11.3 Å². The van der Waals surface area contributed by atoms with Crippen LogP contribution < -0.4 is 20.3 Å². The van der Waals surface area contributed by atoms with E-state index in [1.807, 2.05) is 25.1 Å². The molecule has 0 saturated carbocycles. The van der Waals surface area contributed by atoms with Crippen molar-refractivity contribution in [1.82, 2.24) is 20.5 Å². The number of anilines is 1. The number of aryl methyl sites for hydroxylation is 1. The molecule has 3 amide bonds. The molecule has 1 atom stereocenters. The normalized spacial score (nSPS) is 15.4. The average molecular weight is 546 g/mol. The van der Waals surface area contributed by atoms with Crippen molar-refractivity contribution in [1.29, 1.82) is 0 Å². The molecule has 4 rings (SSSR count). The summed E-state index contributed by atoms with van der Waals surface area (Å²) < 4.78 is 11.3. The molecule has 0 spiro atoms. The molecule has 2 N–H and O–H groups in total. The number of nitrogens with zero attached hydrogens (tertiary/aromatic N) is 3. The van der Waals surface area contributed by atoms with E-state index < -0.39 is 6.04 Å². The molecule has 9 nitrogen and oxygen atoms in total. The number of methoxy groups -OCH3 is 1. The van der Waals surface area contributed by atoms with Gasteiger partial charge in [-0.2, -0.15) is 0 Å². The number of likely N-dealkylation sites (N-methyl/N-ethyl adjacent to an activating group) is 1. The molecule has 0 bridgehead atoms. The summed E-state index contributed by atoms with van der Waals surface area (Å²) in [5, 5.41) is 6.61. The van der Waals surface area contributed by atoms with E-state index in [2.05, 4.69) is 20.5 Å². The van der Waals surface area contributed by atoms with Crippen LogP contribution in [0.3, 0.4) is 0 Å². The van der Waals surface area contributed by atoms with Crippen LogP contribution in [0.15, 0.2) is 47.0 Å². The summed E-state index contributed by atoms with van der Waals surface area (Å²) in [6, 6.07) is 9.95. The molecular weight excluding hydrogens is 517 g/mol. The second-order valence-electron chi connectivity index (χ2n) is 8.59. The van der Waals surface area contributed by atoms with Crippen LogP contribution >= 0.6 is 23.2 Å². The molecule has 1 aliphatic rings. The molecule has 2 heterocycles. The lowest BCUT2D eigenvalue weighted by Gasteiger charge is -2.41. The van der Waals surface area contributed by atoms with Crippen LogP contribution in [0.5, 0.6) is 5.75 Å². The van der Waals surface area contributed by atoms with Crippen LogP contribution in [0, 0.1) is 6.92 Å². The summed E-state index contributed by atoms with van der Waals surface area (Å²) >= 11 is 12.1. The third-order valence-corrected chi connectivity index (χ3v) is 6.90. The Morgan fingerprint density at radius 2 is 1.95 bits per heavy atom. The topological polar surface area (TPSA) is 99.9 Å². The minimum absolute atomic E-state index is 0.211. The first-order valence-electron chi connectivity index (χ1n) is 11.9. The molecule has 196 valence electrons. The standard InChI is InChI=1S/C26H29Cl2N5O4/c1-4-29-25(34)22-15-32(18-6-7-19(23(12-18)36-3)24-14-30-16(2)37-24)9-10-33(22)26(35)31-13-17-5-8-20(27)21(28)11-17/h5-8,11-12,14,22H,4,9-10,13,15H2,1-3H3,(H,29,34)(H,31,35). The molecule has 11 heteroatoms. The lowest BCUT2D eigenvalue weighted by Crippen LogP contribution is -2.62. The van der Waals surface area contributed by atoms with Gasteiger partial charge in [0.1, 0.15) is 11.8 Å². The summed E-state index contributed by atoms with van der Waals surface area (Å²) in [5.41, 5.74) is 2.47. The first-order chi connectivity index (χ1) is 17.8. The second kappa shape index (κ2) is 11.7. The Balaban J connectivity index is 1.50. The van der Waals surface area contributed by atoms with E-state index in [4.69, 9.17) is 32.4 Å². The maximum Gasteiger partial charge on any atom is 0.318 e. The SMILES string of the molecule is CCNC(=O)C1CN(c2ccc(-c3cnc(C)o3)c(OC)c2)CCN1C(=O)NCc1ccc(Cl)c(Cl)c1. The minimum atomic E-state index is -0.676. The first-order valence-corrected chi connectivity index (χ1v) is 12.7. The highest BCUT2D eigenvalue weighted by Gasteiger charge is 2.35. The zero-order chi connectivity index (χ0) is 26.5. The number of carbonyl (C=O) groups excluding carboxylic acids is 2. The molecule has 2 aromatic carbocycles. The van der Waals surface area contributed by atoms with E-state index in [1.54, 1.807) is 43.3 Å². The largest absolute Gasteiger partial charge is 0.496 e. The van der Waals surface area contributed by atoms with Crippen LogP contribution in [0.4, 0.5) is 10.5 Å². The van der Waals surface area contributed by atoms with Gasteiger partial charge in [-0.05, 0) is 36.8 Å². The number of hydrogen-bond donors (Lipinski definition) is 2. The molecule has 1 fully saturated rings. The van der Waals surface area contributed by atoms with Crippen molar-refractivity contribution in [2.75, 3.05) is 38.2 Å². The fourth-order valence-corrected chi connectivity index (χ4v) is 4.59. The van der Waals surface area contributed by atoms with Gasteiger partial charge in [0, 0.05) is 51.4 Å². The average Bonchev–Trinajstić information content (AvgIpc) is 3.34. The van der Waals surface area contributed by atoms with E-state index in [0.29, 0.717) is 53.6 Å². The maximum atomic E-state index is 13.1. The van der Waals surface area contributed by atoms with Crippen molar-refractivity contribution in [3.05, 3.63) is 64.1 Å². The number of ether oxygens (including phenoxy) is 1. The zero-order valence-electron chi connectivity index (χ0n) is 20.9. The summed E-state index contributed by atoms with van der Waals surface area (Å²) in [6.07, 6.45) is 1.66. The van der Waals surface area contributed by atoms with Crippen molar-refractivity contribution in [2.45, 2.75) is 26.4 Å². The van der Waals surface area contributed by atoms with Gasteiger partial charge in [-0.25, -0.2) is 9.78 Å². The number of amides is 3. The second-order valence-corrected chi connectivity index (χ2v) is 9.40. The van der Waals surface area contributed by atoms with Gasteiger partial charge in [0.15, 0.2) is 11.7 Å². The highest BCUT2D eigenvalue weighted by atomic mass is 35.5. The molecule has 1 unspecified atom stereocenters. The Kier molecular flexibility index (Phi) is 8.45. The zero-order valence-corrected chi connectivity index (χ0v) is 22.4. The number of piperazine rings is 1. The maximum absolute atomic E-state index is 13.1. The van der Waals surface area contributed by atoms with E-state index in [0.717, 1.165) is 16.8 Å². The molecule has 37 heavy (non-hydrogen) atoms. The van der Waals surface area contributed by atoms with Crippen molar-refractivity contribution in [3.8, 4) is 17.1 Å². The van der Waals surface area contributed by atoms with Crippen molar-refractivity contribution in [2.24, 2.45) is 0 Å².